The van der Waals surface area contributed by atoms with Crippen LogP contribution in [0.15, 0.2) is 54.9 Å². The summed E-state index contributed by atoms with van der Waals surface area (Å²) in [5.41, 5.74) is 1.81. The Balaban J connectivity index is 1.73. The van der Waals surface area contributed by atoms with Crippen molar-refractivity contribution in [2.45, 2.75) is 6.54 Å². The normalized spacial score (nSPS) is 13.4. The molecule has 0 fully saturated rings. The third-order valence-electron chi connectivity index (χ3n) is 3.76. The number of carbonyl (C=O) groups is 1. The maximum Gasteiger partial charge on any atom is 0.259 e. The number of benzene rings is 2. The molecule has 0 spiro atoms. The fourth-order valence-electron chi connectivity index (χ4n) is 2.84. The summed E-state index contributed by atoms with van der Waals surface area (Å²) in [6.45, 7) is 1.33. The van der Waals surface area contributed by atoms with Gasteiger partial charge in [-0.25, -0.2) is 0 Å². The van der Waals surface area contributed by atoms with Crippen molar-refractivity contribution in [3.05, 3.63) is 60.4 Å². The van der Waals surface area contributed by atoms with Crippen LogP contribution in [0.5, 0.6) is 0 Å². The molecule has 1 aliphatic rings. The first kappa shape index (κ1) is 11.2. The highest BCUT2D eigenvalue weighted by molar-refractivity contribution is 6.24. The Labute approximate surface area is 116 Å². The van der Waals surface area contributed by atoms with Gasteiger partial charge in [-0.15, -0.1) is 0 Å². The summed E-state index contributed by atoms with van der Waals surface area (Å²) in [5.74, 6) is 0.0870. The Kier molecular flexibility index (Phi) is 2.36. The molecule has 0 saturated heterocycles. The van der Waals surface area contributed by atoms with Crippen LogP contribution in [0.3, 0.4) is 0 Å². The molecule has 3 aromatic rings. The Hall–Kier alpha value is -2.62. The molecule has 0 unspecified atom stereocenters. The second-order valence-electron chi connectivity index (χ2n) is 4.91. The molecule has 0 N–H and O–H groups in total. The molecule has 0 atom stereocenters. The molecule has 4 nitrogen and oxygen atoms in total. The van der Waals surface area contributed by atoms with E-state index in [4.69, 9.17) is 0 Å². The number of hydrogen-bond donors (Lipinski definition) is 0. The first-order chi connectivity index (χ1) is 9.84. The second-order valence-corrected chi connectivity index (χ2v) is 4.91. The lowest BCUT2D eigenvalue weighted by molar-refractivity contribution is 0.0992. The minimum atomic E-state index is 0.0870. The van der Waals surface area contributed by atoms with Crippen LogP contribution in [-0.4, -0.2) is 22.2 Å². The van der Waals surface area contributed by atoms with Gasteiger partial charge in [0.25, 0.3) is 5.91 Å². The minimum absolute atomic E-state index is 0.0870. The largest absolute Gasteiger partial charge is 0.306 e. The van der Waals surface area contributed by atoms with Crippen LogP contribution in [-0.2, 0) is 6.54 Å². The van der Waals surface area contributed by atoms with Gasteiger partial charge in [-0.1, -0.05) is 24.3 Å². The third-order valence-corrected chi connectivity index (χ3v) is 3.76. The minimum Gasteiger partial charge on any atom is -0.306 e. The van der Waals surface area contributed by atoms with Crippen LogP contribution in [0.4, 0.5) is 5.69 Å². The summed E-state index contributed by atoms with van der Waals surface area (Å²) in [6, 6.07) is 13.8. The van der Waals surface area contributed by atoms with E-state index < -0.39 is 0 Å². The summed E-state index contributed by atoms with van der Waals surface area (Å²) in [6.07, 6.45) is 3.66. The molecule has 2 heterocycles. The van der Waals surface area contributed by atoms with Gasteiger partial charge >= 0.3 is 0 Å². The Morgan fingerprint density at radius 2 is 1.85 bits per heavy atom. The number of rotatable bonds is 3. The zero-order valence-electron chi connectivity index (χ0n) is 10.9. The van der Waals surface area contributed by atoms with Gasteiger partial charge in [-0.2, -0.15) is 5.10 Å². The van der Waals surface area contributed by atoms with Crippen LogP contribution in [0.1, 0.15) is 10.4 Å². The molecule has 20 heavy (non-hydrogen) atoms. The molecule has 0 aliphatic carbocycles. The van der Waals surface area contributed by atoms with Crippen LogP contribution in [0.25, 0.3) is 10.8 Å². The molecule has 1 amide bonds. The predicted octanol–water partition coefficient (Wildman–Crippen LogP) is 2.70. The van der Waals surface area contributed by atoms with Crippen LogP contribution in [0.2, 0.25) is 0 Å². The molecular formula is C16H13N3O. The smallest absolute Gasteiger partial charge is 0.259 e. The fraction of sp³-hybridized carbons (Fsp3) is 0.125. The summed E-state index contributed by atoms with van der Waals surface area (Å²) >= 11 is 0. The number of hydrogen-bond acceptors (Lipinski definition) is 2. The van der Waals surface area contributed by atoms with Gasteiger partial charge in [0.1, 0.15) is 0 Å². The predicted molar refractivity (Wildman–Crippen MR) is 77.9 cm³/mol. The monoisotopic (exact) mass is 263 g/mol. The Morgan fingerprint density at radius 3 is 2.65 bits per heavy atom. The van der Waals surface area contributed by atoms with Crippen molar-refractivity contribution in [2.24, 2.45) is 0 Å². The van der Waals surface area contributed by atoms with Gasteiger partial charge in [-0.05, 0) is 23.6 Å². The molecule has 4 rings (SSSR count). The molecule has 2 aromatic carbocycles. The number of anilines is 1. The quantitative estimate of drug-likeness (QED) is 0.728. The molecule has 0 radical (unpaired) electrons. The lowest BCUT2D eigenvalue weighted by Crippen LogP contribution is -2.30. The summed E-state index contributed by atoms with van der Waals surface area (Å²) in [5, 5.41) is 6.37. The van der Waals surface area contributed by atoms with E-state index in [9.17, 15) is 4.79 Å². The second kappa shape index (κ2) is 4.20. The van der Waals surface area contributed by atoms with E-state index in [1.165, 1.54) is 0 Å². The summed E-state index contributed by atoms with van der Waals surface area (Å²) in [7, 11) is 0. The van der Waals surface area contributed by atoms with Crippen molar-refractivity contribution in [3.8, 4) is 0 Å². The fourth-order valence-corrected chi connectivity index (χ4v) is 2.84. The molecule has 98 valence electrons. The number of aromatic nitrogens is 2. The van der Waals surface area contributed by atoms with Crippen molar-refractivity contribution in [2.75, 3.05) is 11.4 Å². The van der Waals surface area contributed by atoms with E-state index in [0.717, 1.165) is 22.0 Å². The maximum atomic E-state index is 12.5. The Bertz CT molecular complexity index is 787. The van der Waals surface area contributed by atoms with E-state index in [1.54, 1.807) is 6.20 Å². The van der Waals surface area contributed by atoms with Crippen molar-refractivity contribution in [3.63, 3.8) is 0 Å². The van der Waals surface area contributed by atoms with Crippen molar-refractivity contribution < 1.29 is 4.79 Å². The first-order valence-corrected chi connectivity index (χ1v) is 6.65. The summed E-state index contributed by atoms with van der Waals surface area (Å²) < 4.78 is 1.84. The van der Waals surface area contributed by atoms with Gasteiger partial charge in [0.15, 0.2) is 0 Å². The van der Waals surface area contributed by atoms with Crippen LogP contribution < -0.4 is 4.90 Å². The third kappa shape index (κ3) is 1.54. The van der Waals surface area contributed by atoms with Crippen molar-refractivity contribution in [1.29, 1.82) is 0 Å². The van der Waals surface area contributed by atoms with Gasteiger partial charge in [0.05, 0.1) is 12.2 Å². The zero-order chi connectivity index (χ0) is 13.5. The summed E-state index contributed by atoms with van der Waals surface area (Å²) in [4.78, 5) is 14.4. The molecule has 1 aromatic heterocycles. The van der Waals surface area contributed by atoms with Gasteiger partial charge in [-0.3, -0.25) is 9.48 Å². The topological polar surface area (TPSA) is 38.1 Å². The highest BCUT2D eigenvalue weighted by Gasteiger charge is 2.28. The number of carbonyl (C=O) groups excluding carboxylic acids is 1. The highest BCUT2D eigenvalue weighted by Crippen LogP contribution is 2.36. The number of amides is 1. The van der Waals surface area contributed by atoms with Gasteiger partial charge in [0.2, 0.25) is 0 Å². The number of nitrogens with zero attached hydrogens (tertiary/aromatic N) is 3. The molecular weight excluding hydrogens is 250 g/mol. The van der Waals surface area contributed by atoms with Crippen molar-refractivity contribution in [1.82, 2.24) is 9.78 Å². The lowest BCUT2D eigenvalue weighted by atomic mass is 10.1. The first-order valence-electron chi connectivity index (χ1n) is 6.65. The van der Waals surface area contributed by atoms with E-state index in [0.29, 0.717) is 13.1 Å². The van der Waals surface area contributed by atoms with Gasteiger partial charge < -0.3 is 4.90 Å². The van der Waals surface area contributed by atoms with Gasteiger partial charge in [0, 0.05) is 29.9 Å². The Morgan fingerprint density at radius 1 is 1.00 bits per heavy atom. The molecule has 1 aliphatic heterocycles. The van der Waals surface area contributed by atoms with E-state index >= 15 is 0 Å². The average Bonchev–Trinajstić information content (AvgIpc) is 3.08. The average molecular weight is 263 g/mol. The molecule has 0 bridgehead atoms. The highest BCUT2D eigenvalue weighted by atomic mass is 16.2. The van der Waals surface area contributed by atoms with E-state index in [-0.39, 0.29) is 5.91 Å². The molecule has 4 heteroatoms. The van der Waals surface area contributed by atoms with Crippen LogP contribution >= 0.6 is 0 Å². The maximum absolute atomic E-state index is 12.5. The van der Waals surface area contributed by atoms with E-state index in [2.05, 4.69) is 5.10 Å². The van der Waals surface area contributed by atoms with Crippen LogP contribution in [0, 0.1) is 0 Å². The lowest BCUT2D eigenvalue weighted by Gasteiger charge is -2.17. The van der Waals surface area contributed by atoms with Crippen molar-refractivity contribution >= 4 is 22.4 Å². The standard InChI is InChI=1S/C16H13N3O/c20-16-13-6-1-4-12-5-2-7-14(15(12)13)19(16)11-10-18-9-3-8-17-18/h1-9H,10-11H2. The molecule has 0 saturated carbocycles. The zero-order valence-corrected chi connectivity index (χ0v) is 10.9. The SMILES string of the molecule is O=C1c2cccc3cccc(c23)N1CCn1cccn1. The van der Waals surface area contributed by atoms with E-state index in [1.807, 2.05) is 58.2 Å².